The first-order chi connectivity index (χ1) is 8.20. The summed E-state index contributed by atoms with van der Waals surface area (Å²) < 4.78 is 0. The molecule has 0 radical (unpaired) electrons. The maximum absolute atomic E-state index is 11.9. The number of amides is 1. The van der Waals surface area contributed by atoms with E-state index in [4.69, 9.17) is 0 Å². The zero-order chi connectivity index (χ0) is 12.3. The monoisotopic (exact) mass is 233 g/mol. The third-order valence-electron chi connectivity index (χ3n) is 3.40. The summed E-state index contributed by atoms with van der Waals surface area (Å²) in [5.74, 6) is 0.102. The fourth-order valence-corrected chi connectivity index (χ4v) is 2.25. The zero-order valence-corrected chi connectivity index (χ0v) is 10.1. The van der Waals surface area contributed by atoms with Crippen LogP contribution in [0.25, 0.3) is 0 Å². The van der Waals surface area contributed by atoms with Crippen LogP contribution in [0.4, 0.5) is 0 Å². The van der Waals surface area contributed by atoms with Gasteiger partial charge in [-0.15, -0.1) is 0 Å². The van der Waals surface area contributed by atoms with Gasteiger partial charge in [0.1, 0.15) is 0 Å². The number of aliphatic hydroxyl groups is 1. The van der Waals surface area contributed by atoms with E-state index in [2.05, 4.69) is 17.4 Å². The third kappa shape index (κ3) is 2.86. The highest BCUT2D eigenvalue weighted by Gasteiger charge is 2.26. The average Bonchev–Trinajstić information content (AvgIpc) is 2.79. The zero-order valence-electron chi connectivity index (χ0n) is 10.1. The van der Waals surface area contributed by atoms with Gasteiger partial charge in [-0.2, -0.15) is 0 Å². The van der Waals surface area contributed by atoms with E-state index in [0.717, 1.165) is 12.8 Å². The fraction of sp³-hybridized carbons (Fsp3) is 0.500. The van der Waals surface area contributed by atoms with Crippen molar-refractivity contribution in [2.45, 2.75) is 32.3 Å². The molecule has 1 aromatic rings. The number of carbonyl (C=O) groups is 1. The number of carbonyl (C=O) groups excluding carboxylic acids is 1. The maximum Gasteiger partial charge on any atom is 0.223 e. The van der Waals surface area contributed by atoms with Gasteiger partial charge in [-0.3, -0.25) is 4.79 Å². The summed E-state index contributed by atoms with van der Waals surface area (Å²) in [4.78, 5) is 11.9. The molecule has 2 N–H and O–H groups in total. The standard InChI is InChI=1S/C14H19NO2/c1-2-13(16)9-15-14(17)12-7-10-5-3-4-6-11(10)8-12/h3-6,12-13,16H,2,7-9H2,1H3,(H,15,17). The van der Waals surface area contributed by atoms with E-state index in [9.17, 15) is 9.90 Å². The molecule has 1 aromatic carbocycles. The van der Waals surface area contributed by atoms with Crippen molar-refractivity contribution >= 4 is 5.91 Å². The molecule has 2 rings (SSSR count). The summed E-state index contributed by atoms with van der Waals surface area (Å²) in [5.41, 5.74) is 2.56. The van der Waals surface area contributed by atoms with E-state index in [-0.39, 0.29) is 11.8 Å². The number of fused-ring (bicyclic) bond motifs is 1. The number of nitrogens with one attached hydrogen (secondary N) is 1. The molecule has 0 aliphatic heterocycles. The molecular weight excluding hydrogens is 214 g/mol. The van der Waals surface area contributed by atoms with Crippen LogP contribution in [0.1, 0.15) is 24.5 Å². The van der Waals surface area contributed by atoms with Crippen molar-refractivity contribution in [2.75, 3.05) is 6.54 Å². The predicted molar refractivity (Wildman–Crippen MR) is 66.6 cm³/mol. The van der Waals surface area contributed by atoms with E-state index < -0.39 is 6.10 Å². The van der Waals surface area contributed by atoms with Gasteiger partial charge in [-0.25, -0.2) is 0 Å². The van der Waals surface area contributed by atoms with Crippen LogP contribution < -0.4 is 5.32 Å². The minimum absolute atomic E-state index is 0.0384. The maximum atomic E-state index is 11.9. The molecule has 0 saturated heterocycles. The smallest absolute Gasteiger partial charge is 0.223 e. The molecule has 1 amide bonds. The summed E-state index contributed by atoms with van der Waals surface area (Å²) in [6, 6.07) is 8.20. The van der Waals surface area contributed by atoms with Crippen LogP contribution in [-0.4, -0.2) is 23.7 Å². The molecule has 3 nitrogen and oxygen atoms in total. The van der Waals surface area contributed by atoms with E-state index in [1.807, 2.05) is 19.1 Å². The van der Waals surface area contributed by atoms with Crippen LogP contribution >= 0.6 is 0 Å². The van der Waals surface area contributed by atoms with Crippen LogP contribution in [0.3, 0.4) is 0 Å². The largest absolute Gasteiger partial charge is 0.391 e. The number of hydrogen-bond acceptors (Lipinski definition) is 2. The van der Waals surface area contributed by atoms with Crippen LogP contribution in [0.2, 0.25) is 0 Å². The second kappa shape index (κ2) is 5.32. The van der Waals surface area contributed by atoms with Crippen LogP contribution in [0, 0.1) is 5.92 Å². The Bertz CT molecular complexity index is 378. The Labute approximate surface area is 102 Å². The second-order valence-electron chi connectivity index (χ2n) is 4.68. The van der Waals surface area contributed by atoms with Gasteiger partial charge in [-0.1, -0.05) is 31.2 Å². The van der Waals surface area contributed by atoms with Crippen molar-refractivity contribution < 1.29 is 9.90 Å². The highest BCUT2D eigenvalue weighted by Crippen LogP contribution is 2.26. The lowest BCUT2D eigenvalue weighted by Gasteiger charge is -2.13. The SMILES string of the molecule is CCC(O)CNC(=O)C1Cc2ccccc2C1. The van der Waals surface area contributed by atoms with Crippen molar-refractivity contribution in [1.29, 1.82) is 0 Å². The molecule has 17 heavy (non-hydrogen) atoms. The van der Waals surface area contributed by atoms with Gasteiger partial charge in [-0.05, 0) is 30.4 Å². The highest BCUT2D eigenvalue weighted by molar-refractivity contribution is 5.80. The van der Waals surface area contributed by atoms with Gasteiger partial charge in [0.25, 0.3) is 0 Å². The average molecular weight is 233 g/mol. The second-order valence-corrected chi connectivity index (χ2v) is 4.68. The minimum atomic E-state index is -0.428. The van der Waals surface area contributed by atoms with Crippen molar-refractivity contribution in [3.05, 3.63) is 35.4 Å². The summed E-state index contributed by atoms with van der Waals surface area (Å²) in [6.45, 7) is 2.27. The van der Waals surface area contributed by atoms with Gasteiger partial charge in [0, 0.05) is 12.5 Å². The first kappa shape index (κ1) is 12.1. The molecule has 1 aliphatic carbocycles. The molecule has 0 saturated carbocycles. The molecule has 92 valence electrons. The summed E-state index contributed by atoms with van der Waals surface area (Å²) in [6.07, 6.45) is 1.89. The third-order valence-corrected chi connectivity index (χ3v) is 3.40. The van der Waals surface area contributed by atoms with Crippen LogP contribution in [0.15, 0.2) is 24.3 Å². The van der Waals surface area contributed by atoms with E-state index in [0.29, 0.717) is 13.0 Å². The summed E-state index contributed by atoms with van der Waals surface area (Å²) >= 11 is 0. The molecule has 0 bridgehead atoms. The van der Waals surface area contributed by atoms with Gasteiger partial charge in [0.2, 0.25) is 5.91 Å². The lowest BCUT2D eigenvalue weighted by molar-refractivity contribution is -0.125. The fourth-order valence-electron chi connectivity index (χ4n) is 2.25. The van der Waals surface area contributed by atoms with Crippen molar-refractivity contribution in [3.8, 4) is 0 Å². The van der Waals surface area contributed by atoms with Crippen LogP contribution in [-0.2, 0) is 17.6 Å². The minimum Gasteiger partial charge on any atom is -0.391 e. The first-order valence-electron chi connectivity index (χ1n) is 6.23. The van der Waals surface area contributed by atoms with E-state index >= 15 is 0 Å². The van der Waals surface area contributed by atoms with Gasteiger partial charge >= 0.3 is 0 Å². The first-order valence-corrected chi connectivity index (χ1v) is 6.23. The Morgan fingerprint density at radius 3 is 2.53 bits per heavy atom. The Balaban J connectivity index is 1.88. The van der Waals surface area contributed by atoms with Crippen LogP contribution in [0.5, 0.6) is 0 Å². The molecule has 0 heterocycles. The van der Waals surface area contributed by atoms with E-state index in [1.165, 1.54) is 11.1 Å². The van der Waals surface area contributed by atoms with Gasteiger partial charge in [0.15, 0.2) is 0 Å². The molecule has 3 heteroatoms. The summed E-state index contributed by atoms with van der Waals surface area (Å²) in [5, 5.41) is 12.2. The summed E-state index contributed by atoms with van der Waals surface area (Å²) in [7, 11) is 0. The lowest BCUT2D eigenvalue weighted by atomic mass is 10.1. The molecule has 0 spiro atoms. The Morgan fingerprint density at radius 1 is 1.41 bits per heavy atom. The number of benzene rings is 1. The van der Waals surface area contributed by atoms with Crippen molar-refractivity contribution in [1.82, 2.24) is 5.32 Å². The van der Waals surface area contributed by atoms with Gasteiger partial charge in [0.05, 0.1) is 6.10 Å². The molecule has 1 unspecified atom stereocenters. The Morgan fingerprint density at radius 2 is 2.00 bits per heavy atom. The lowest BCUT2D eigenvalue weighted by Crippen LogP contribution is -2.36. The molecule has 0 fully saturated rings. The Kier molecular flexibility index (Phi) is 3.79. The number of hydrogen-bond donors (Lipinski definition) is 2. The van der Waals surface area contributed by atoms with Crippen molar-refractivity contribution in [2.24, 2.45) is 5.92 Å². The molecule has 0 aromatic heterocycles. The Hall–Kier alpha value is -1.35. The van der Waals surface area contributed by atoms with E-state index in [1.54, 1.807) is 0 Å². The molecule has 1 aliphatic rings. The normalized spacial score (nSPS) is 16.6. The van der Waals surface area contributed by atoms with Crippen molar-refractivity contribution in [3.63, 3.8) is 0 Å². The molecular formula is C14H19NO2. The predicted octanol–water partition coefficient (Wildman–Crippen LogP) is 1.29. The van der Waals surface area contributed by atoms with Gasteiger partial charge < -0.3 is 10.4 Å². The number of aliphatic hydroxyl groups excluding tert-OH is 1. The quantitative estimate of drug-likeness (QED) is 0.823. The molecule has 1 atom stereocenters. The number of rotatable bonds is 4. The highest BCUT2D eigenvalue weighted by atomic mass is 16.3. The topological polar surface area (TPSA) is 49.3 Å².